The summed E-state index contributed by atoms with van der Waals surface area (Å²) in [5, 5.41) is 15.2. The number of aliphatic hydroxyl groups excluding tert-OH is 1. The zero-order chi connectivity index (χ0) is 15.2. The van der Waals surface area contributed by atoms with Crippen LogP contribution in [-0.4, -0.2) is 47.8 Å². The van der Waals surface area contributed by atoms with Crippen LogP contribution in [0.25, 0.3) is 0 Å². The fourth-order valence-electron chi connectivity index (χ4n) is 2.43. The zero-order valence-corrected chi connectivity index (χ0v) is 12.2. The summed E-state index contributed by atoms with van der Waals surface area (Å²) in [6.07, 6.45) is 1.30. The van der Waals surface area contributed by atoms with Crippen molar-refractivity contribution in [1.82, 2.24) is 10.2 Å². The Labute approximate surface area is 124 Å². The number of β-amino-alcohol motifs (C(OH)–C–C–N with tert-alkyl or cyclic N) is 1. The number of amides is 2. The van der Waals surface area contributed by atoms with Gasteiger partial charge in [0.1, 0.15) is 5.82 Å². The molecule has 1 unspecified atom stereocenters. The van der Waals surface area contributed by atoms with Crippen LogP contribution in [0.5, 0.6) is 0 Å². The van der Waals surface area contributed by atoms with Gasteiger partial charge in [-0.05, 0) is 37.1 Å². The Hall–Kier alpha value is -1.66. The molecule has 1 aliphatic rings. The molecule has 1 aromatic carbocycles. The van der Waals surface area contributed by atoms with Gasteiger partial charge in [0.15, 0.2) is 0 Å². The lowest BCUT2D eigenvalue weighted by Crippen LogP contribution is -2.40. The van der Waals surface area contributed by atoms with Gasteiger partial charge < -0.3 is 15.7 Å². The summed E-state index contributed by atoms with van der Waals surface area (Å²) in [5.74, 6) is -0.332. The molecule has 1 saturated heterocycles. The van der Waals surface area contributed by atoms with Crippen molar-refractivity contribution in [3.8, 4) is 0 Å². The van der Waals surface area contributed by atoms with E-state index in [9.17, 15) is 14.3 Å². The van der Waals surface area contributed by atoms with E-state index in [1.807, 2.05) is 6.92 Å². The number of likely N-dealkylation sites (tertiary alicyclic amines) is 1. The van der Waals surface area contributed by atoms with Crippen LogP contribution in [0, 0.1) is 5.82 Å². The fraction of sp³-hybridized carbons (Fsp3) is 0.533. The van der Waals surface area contributed by atoms with Gasteiger partial charge in [-0.1, -0.05) is 6.92 Å². The first kappa shape index (κ1) is 15.7. The normalized spacial score (nSPS) is 20.2. The summed E-state index contributed by atoms with van der Waals surface area (Å²) in [5.41, 5.74) is 0.560. The van der Waals surface area contributed by atoms with Crippen molar-refractivity contribution in [3.05, 3.63) is 30.1 Å². The highest BCUT2D eigenvalue weighted by atomic mass is 19.1. The maximum absolute atomic E-state index is 12.8. The van der Waals surface area contributed by atoms with Crippen molar-refractivity contribution in [2.24, 2.45) is 0 Å². The number of aliphatic hydroxyl groups is 1. The summed E-state index contributed by atoms with van der Waals surface area (Å²) in [6.45, 7) is 4.22. The molecule has 0 radical (unpaired) electrons. The van der Waals surface area contributed by atoms with Crippen LogP contribution in [0.2, 0.25) is 0 Å². The largest absolute Gasteiger partial charge is 0.392 e. The summed E-state index contributed by atoms with van der Waals surface area (Å²) in [6, 6.07) is 5.44. The van der Waals surface area contributed by atoms with E-state index >= 15 is 0 Å². The van der Waals surface area contributed by atoms with Crippen LogP contribution in [0.1, 0.15) is 19.8 Å². The molecule has 2 atom stereocenters. The molecular weight excluding hydrogens is 273 g/mol. The number of benzene rings is 1. The number of urea groups is 1. The number of carbonyl (C=O) groups excluding carboxylic acids is 1. The van der Waals surface area contributed by atoms with Gasteiger partial charge in [0, 0.05) is 31.4 Å². The molecule has 6 heteroatoms. The molecule has 2 rings (SSSR count). The molecule has 0 saturated carbocycles. The van der Waals surface area contributed by atoms with Crippen molar-refractivity contribution in [3.63, 3.8) is 0 Å². The molecule has 1 heterocycles. The molecule has 2 amide bonds. The Balaban J connectivity index is 1.75. The number of nitrogens with one attached hydrogen (secondary N) is 2. The number of halogens is 1. The summed E-state index contributed by atoms with van der Waals surface area (Å²) in [7, 11) is 0. The average Bonchev–Trinajstić information content (AvgIpc) is 2.88. The lowest BCUT2D eigenvalue weighted by atomic mass is 10.2. The Morgan fingerprint density at radius 2 is 2.19 bits per heavy atom. The lowest BCUT2D eigenvalue weighted by Gasteiger charge is -2.19. The number of nitrogens with zero attached hydrogens (tertiary/aromatic N) is 1. The second kappa shape index (κ2) is 7.38. The van der Waals surface area contributed by atoms with E-state index in [1.165, 1.54) is 24.3 Å². The van der Waals surface area contributed by atoms with Gasteiger partial charge in [0.2, 0.25) is 0 Å². The minimum atomic E-state index is -0.332. The van der Waals surface area contributed by atoms with Crippen LogP contribution in [-0.2, 0) is 0 Å². The first-order valence-electron chi connectivity index (χ1n) is 7.30. The first-order valence-corrected chi connectivity index (χ1v) is 7.30. The van der Waals surface area contributed by atoms with Crippen molar-refractivity contribution in [2.75, 3.05) is 25.0 Å². The van der Waals surface area contributed by atoms with Gasteiger partial charge in [-0.3, -0.25) is 4.90 Å². The molecular formula is C15H22FN3O2. The van der Waals surface area contributed by atoms with E-state index in [1.54, 1.807) is 0 Å². The number of hydrogen-bond acceptors (Lipinski definition) is 3. The third kappa shape index (κ3) is 4.99. The van der Waals surface area contributed by atoms with E-state index in [0.717, 1.165) is 25.9 Å². The van der Waals surface area contributed by atoms with Gasteiger partial charge in [0.05, 0.1) is 6.10 Å². The minimum absolute atomic E-state index is 0.0782. The molecule has 0 aromatic heterocycles. The SMILES string of the molecule is CC[C@@H](O)CN1CCC(NC(=O)Nc2ccc(F)cc2)C1. The average molecular weight is 295 g/mol. The Morgan fingerprint density at radius 1 is 1.48 bits per heavy atom. The number of rotatable bonds is 5. The number of carbonyl (C=O) groups is 1. The first-order chi connectivity index (χ1) is 10.1. The smallest absolute Gasteiger partial charge is 0.319 e. The molecule has 0 aliphatic carbocycles. The van der Waals surface area contributed by atoms with Crippen molar-refractivity contribution in [2.45, 2.75) is 31.9 Å². The van der Waals surface area contributed by atoms with Gasteiger partial charge in [-0.25, -0.2) is 9.18 Å². The maximum Gasteiger partial charge on any atom is 0.319 e. The molecule has 1 aromatic rings. The van der Waals surface area contributed by atoms with Crippen LogP contribution < -0.4 is 10.6 Å². The van der Waals surface area contributed by atoms with Crippen LogP contribution in [0.4, 0.5) is 14.9 Å². The second-order valence-electron chi connectivity index (χ2n) is 5.41. The molecule has 5 nitrogen and oxygen atoms in total. The Kier molecular flexibility index (Phi) is 5.52. The van der Waals surface area contributed by atoms with E-state index in [0.29, 0.717) is 12.2 Å². The monoisotopic (exact) mass is 295 g/mol. The van der Waals surface area contributed by atoms with E-state index in [-0.39, 0.29) is 24.0 Å². The van der Waals surface area contributed by atoms with E-state index < -0.39 is 0 Å². The molecule has 116 valence electrons. The highest BCUT2D eigenvalue weighted by Crippen LogP contribution is 2.12. The molecule has 21 heavy (non-hydrogen) atoms. The minimum Gasteiger partial charge on any atom is -0.392 e. The number of anilines is 1. The second-order valence-corrected chi connectivity index (χ2v) is 5.41. The third-order valence-corrected chi connectivity index (χ3v) is 3.65. The van der Waals surface area contributed by atoms with Gasteiger partial charge >= 0.3 is 6.03 Å². The van der Waals surface area contributed by atoms with Crippen LogP contribution in [0.3, 0.4) is 0 Å². The highest BCUT2D eigenvalue weighted by molar-refractivity contribution is 5.89. The lowest BCUT2D eigenvalue weighted by molar-refractivity contribution is 0.120. The van der Waals surface area contributed by atoms with Crippen molar-refractivity contribution >= 4 is 11.7 Å². The Morgan fingerprint density at radius 3 is 2.86 bits per heavy atom. The van der Waals surface area contributed by atoms with E-state index in [4.69, 9.17) is 0 Å². The van der Waals surface area contributed by atoms with Crippen molar-refractivity contribution < 1.29 is 14.3 Å². The molecule has 1 fully saturated rings. The Bertz CT molecular complexity index is 466. The summed E-state index contributed by atoms with van der Waals surface area (Å²) >= 11 is 0. The maximum atomic E-state index is 12.8. The molecule has 0 spiro atoms. The fourth-order valence-corrected chi connectivity index (χ4v) is 2.43. The molecule has 0 bridgehead atoms. The van der Waals surface area contributed by atoms with Gasteiger partial charge in [-0.2, -0.15) is 0 Å². The number of hydrogen-bond donors (Lipinski definition) is 3. The summed E-state index contributed by atoms with van der Waals surface area (Å²) in [4.78, 5) is 14.0. The summed E-state index contributed by atoms with van der Waals surface area (Å²) < 4.78 is 12.8. The highest BCUT2D eigenvalue weighted by Gasteiger charge is 2.24. The van der Waals surface area contributed by atoms with Gasteiger partial charge in [-0.15, -0.1) is 0 Å². The standard InChI is InChI=1S/C15H22FN3O2/c1-2-14(20)10-19-8-7-13(9-19)18-15(21)17-12-5-3-11(16)4-6-12/h3-6,13-14,20H,2,7-10H2,1H3,(H2,17,18,21)/t13?,14-/m1/s1. The van der Waals surface area contributed by atoms with Crippen molar-refractivity contribution in [1.29, 1.82) is 0 Å². The third-order valence-electron chi connectivity index (χ3n) is 3.65. The molecule has 1 aliphatic heterocycles. The van der Waals surface area contributed by atoms with Crippen LogP contribution in [0.15, 0.2) is 24.3 Å². The topological polar surface area (TPSA) is 64.6 Å². The predicted octanol–water partition coefficient (Wildman–Crippen LogP) is 1.79. The molecule has 3 N–H and O–H groups in total. The van der Waals surface area contributed by atoms with Crippen LogP contribution >= 0.6 is 0 Å². The predicted molar refractivity (Wildman–Crippen MR) is 79.7 cm³/mol. The van der Waals surface area contributed by atoms with E-state index in [2.05, 4.69) is 15.5 Å². The quantitative estimate of drug-likeness (QED) is 0.776. The van der Waals surface area contributed by atoms with Gasteiger partial charge in [0.25, 0.3) is 0 Å². The zero-order valence-electron chi connectivity index (χ0n) is 12.2.